The van der Waals surface area contributed by atoms with Crippen molar-refractivity contribution in [2.75, 3.05) is 11.1 Å². The Morgan fingerprint density at radius 2 is 1.88 bits per heavy atom. The summed E-state index contributed by atoms with van der Waals surface area (Å²) in [6.45, 7) is 3.90. The van der Waals surface area contributed by atoms with Crippen molar-refractivity contribution in [3.63, 3.8) is 0 Å². The van der Waals surface area contributed by atoms with Gasteiger partial charge in [0.15, 0.2) is 5.16 Å². The number of carbonyl (C=O) groups excluding carboxylic acids is 1. The van der Waals surface area contributed by atoms with E-state index in [0.717, 1.165) is 27.8 Å². The minimum atomic E-state index is -0.0836. The van der Waals surface area contributed by atoms with E-state index in [1.807, 2.05) is 66.8 Å². The monoisotopic (exact) mass is 363 g/mol. The van der Waals surface area contributed by atoms with Gasteiger partial charge in [-0.2, -0.15) is 0 Å². The van der Waals surface area contributed by atoms with Crippen molar-refractivity contribution < 1.29 is 4.79 Å². The van der Waals surface area contributed by atoms with Crippen molar-refractivity contribution in [2.45, 2.75) is 19.0 Å². The Kier molecular flexibility index (Phi) is 4.30. The smallest absolute Gasteiger partial charge is 0.256 e. The Labute approximate surface area is 154 Å². The number of amides is 1. The molecular formula is C19H17N5OS. The quantitative estimate of drug-likeness (QED) is 0.561. The standard InChI is InChI=1S/C19H17N5OS/c1-12-9-13(2)24-18(20-12)22-23-19(24)26-11-17(25)21-16-8-7-14-5-3-4-6-15(14)10-16/h3-10H,11H2,1-2H3,(H,21,25). The average Bonchev–Trinajstić information content (AvgIpc) is 3.03. The van der Waals surface area contributed by atoms with Gasteiger partial charge in [0.05, 0.1) is 5.75 Å². The number of hydrogen-bond acceptors (Lipinski definition) is 5. The molecule has 0 fully saturated rings. The Hall–Kier alpha value is -2.93. The molecule has 1 amide bonds. The van der Waals surface area contributed by atoms with E-state index in [1.165, 1.54) is 11.8 Å². The van der Waals surface area contributed by atoms with Crippen molar-refractivity contribution in [1.82, 2.24) is 19.6 Å². The zero-order chi connectivity index (χ0) is 18.1. The Bertz CT molecular complexity index is 1120. The molecule has 0 saturated carbocycles. The first-order valence-corrected chi connectivity index (χ1v) is 9.19. The Morgan fingerprint density at radius 3 is 2.73 bits per heavy atom. The molecule has 0 radical (unpaired) electrons. The predicted molar refractivity (Wildman–Crippen MR) is 104 cm³/mol. The van der Waals surface area contributed by atoms with Gasteiger partial charge in [0.1, 0.15) is 0 Å². The molecule has 2 aromatic carbocycles. The van der Waals surface area contributed by atoms with Crippen LogP contribution < -0.4 is 5.32 Å². The van der Waals surface area contributed by atoms with E-state index in [2.05, 4.69) is 20.5 Å². The molecule has 0 saturated heterocycles. The Morgan fingerprint density at radius 1 is 1.08 bits per heavy atom. The molecule has 7 heteroatoms. The fourth-order valence-corrected chi connectivity index (χ4v) is 3.67. The minimum Gasteiger partial charge on any atom is -0.325 e. The molecule has 0 aliphatic heterocycles. The van der Waals surface area contributed by atoms with Crippen LogP contribution >= 0.6 is 11.8 Å². The van der Waals surface area contributed by atoms with Crippen LogP contribution in [0.3, 0.4) is 0 Å². The third-order valence-corrected chi connectivity index (χ3v) is 4.96. The summed E-state index contributed by atoms with van der Waals surface area (Å²) in [5.74, 6) is 0.723. The normalized spacial score (nSPS) is 11.2. The number of nitrogens with zero attached hydrogens (tertiary/aromatic N) is 4. The maximum Gasteiger partial charge on any atom is 0.256 e. The zero-order valence-electron chi connectivity index (χ0n) is 14.4. The number of aromatic nitrogens is 4. The lowest BCUT2D eigenvalue weighted by atomic mass is 10.1. The van der Waals surface area contributed by atoms with Crippen LogP contribution in [-0.4, -0.2) is 31.2 Å². The number of anilines is 1. The molecule has 6 nitrogen and oxygen atoms in total. The zero-order valence-corrected chi connectivity index (χ0v) is 15.2. The second kappa shape index (κ2) is 6.76. The van der Waals surface area contributed by atoms with Crippen LogP contribution in [0.15, 0.2) is 53.7 Å². The summed E-state index contributed by atoms with van der Waals surface area (Å²) in [6, 6.07) is 15.9. The Balaban J connectivity index is 1.47. The number of fused-ring (bicyclic) bond motifs is 2. The first kappa shape index (κ1) is 16.5. The molecule has 0 unspecified atom stereocenters. The van der Waals surface area contributed by atoms with E-state index in [9.17, 15) is 4.79 Å². The van der Waals surface area contributed by atoms with E-state index in [4.69, 9.17) is 0 Å². The minimum absolute atomic E-state index is 0.0836. The summed E-state index contributed by atoms with van der Waals surface area (Å²) in [5.41, 5.74) is 2.68. The molecular weight excluding hydrogens is 346 g/mol. The lowest BCUT2D eigenvalue weighted by Gasteiger charge is -2.07. The average molecular weight is 363 g/mol. The number of rotatable bonds is 4. The number of carbonyl (C=O) groups is 1. The van der Waals surface area contributed by atoms with Crippen LogP contribution in [0, 0.1) is 13.8 Å². The highest BCUT2D eigenvalue weighted by atomic mass is 32.2. The van der Waals surface area contributed by atoms with Gasteiger partial charge in [-0.1, -0.05) is 42.1 Å². The second-order valence-electron chi connectivity index (χ2n) is 6.06. The van der Waals surface area contributed by atoms with Gasteiger partial charge in [-0.05, 0) is 42.8 Å². The van der Waals surface area contributed by atoms with Gasteiger partial charge in [0.25, 0.3) is 5.78 Å². The topological polar surface area (TPSA) is 72.2 Å². The van der Waals surface area contributed by atoms with Gasteiger partial charge in [0, 0.05) is 17.1 Å². The van der Waals surface area contributed by atoms with Gasteiger partial charge < -0.3 is 5.32 Å². The molecule has 0 bridgehead atoms. The van der Waals surface area contributed by atoms with Crippen molar-refractivity contribution >= 4 is 39.9 Å². The summed E-state index contributed by atoms with van der Waals surface area (Å²) in [5, 5.41) is 14.1. The van der Waals surface area contributed by atoms with Crippen LogP contribution in [0.1, 0.15) is 11.4 Å². The fourth-order valence-electron chi connectivity index (χ4n) is 2.89. The van der Waals surface area contributed by atoms with Crippen molar-refractivity contribution in [3.05, 3.63) is 59.9 Å². The molecule has 26 heavy (non-hydrogen) atoms. The molecule has 2 aromatic heterocycles. The van der Waals surface area contributed by atoms with E-state index in [0.29, 0.717) is 10.9 Å². The number of hydrogen-bond donors (Lipinski definition) is 1. The van der Waals surface area contributed by atoms with Gasteiger partial charge in [-0.15, -0.1) is 10.2 Å². The fraction of sp³-hybridized carbons (Fsp3) is 0.158. The number of benzene rings is 2. The molecule has 2 heterocycles. The van der Waals surface area contributed by atoms with Gasteiger partial charge in [-0.25, -0.2) is 4.98 Å². The van der Waals surface area contributed by atoms with Gasteiger partial charge in [-0.3, -0.25) is 9.20 Å². The summed E-state index contributed by atoms with van der Waals surface area (Å²) in [7, 11) is 0. The molecule has 0 aliphatic carbocycles. The molecule has 1 N–H and O–H groups in total. The molecule has 0 aliphatic rings. The van der Waals surface area contributed by atoms with Crippen LogP contribution in [-0.2, 0) is 4.79 Å². The SMILES string of the molecule is Cc1cc(C)n2c(SCC(=O)Nc3ccc4ccccc4c3)nnc2n1. The third kappa shape index (κ3) is 3.25. The molecule has 4 rings (SSSR count). The first-order valence-electron chi connectivity index (χ1n) is 8.21. The maximum absolute atomic E-state index is 12.3. The van der Waals surface area contributed by atoms with Gasteiger partial charge in [0.2, 0.25) is 5.91 Å². The summed E-state index contributed by atoms with van der Waals surface area (Å²) in [4.78, 5) is 16.7. The molecule has 0 atom stereocenters. The molecule has 0 spiro atoms. The highest BCUT2D eigenvalue weighted by Gasteiger charge is 2.12. The lowest BCUT2D eigenvalue weighted by Crippen LogP contribution is -2.14. The first-order chi connectivity index (χ1) is 12.6. The van der Waals surface area contributed by atoms with Gasteiger partial charge >= 0.3 is 0 Å². The molecule has 130 valence electrons. The number of aryl methyl sites for hydroxylation is 2. The summed E-state index contributed by atoms with van der Waals surface area (Å²) < 4.78 is 1.86. The second-order valence-corrected chi connectivity index (χ2v) is 7.00. The van der Waals surface area contributed by atoms with E-state index < -0.39 is 0 Å². The van der Waals surface area contributed by atoms with Crippen LogP contribution in [0.2, 0.25) is 0 Å². The summed E-state index contributed by atoms with van der Waals surface area (Å²) >= 11 is 1.34. The van der Waals surface area contributed by atoms with Crippen LogP contribution in [0.25, 0.3) is 16.6 Å². The largest absolute Gasteiger partial charge is 0.325 e. The maximum atomic E-state index is 12.3. The van der Waals surface area contributed by atoms with Crippen molar-refractivity contribution in [3.8, 4) is 0 Å². The van der Waals surface area contributed by atoms with Crippen molar-refractivity contribution in [1.29, 1.82) is 0 Å². The third-order valence-electron chi connectivity index (χ3n) is 4.03. The van der Waals surface area contributed by atoms with Crippen molar-refractivity contribution in [2.24, 2.45) is 0 Å². The number of nitrogens with one attached hydrogen (secondary N) is 1. The lowest BCUT2D eigenvalue weighted by molar-refractivity contribution is -0.113. The summed E-state index contributed by atoms with van der Waals surface area (Å²) in [6.07, 6.45) is 0. The highest BCUT2D eigenvalue weighted by Crippen LogP contribution is 2.21. The predicted octanol–water partition coefficient (Wildman–Crippen LogP) is 3.63. The van der Waals surface area contributed by atoms with E-state index in [-0.39, 0.29) is 11.7 Å². The van der Waals surface area contributed by atoms with E-state index >= 15 is 0 Å². The molecule has 4 aromatic rings. The van der Waals surface area contributed by atoms with Crippen LogP contribution in [0.5, 0.6) is 0 Å². The highest BCUT2D eigenvalue weighted by molar-refractivity contribution is 7.99. The van der Waals surface area contributed by atoms with E-state index in [1.54, 1.807) is 0 Å². The number of thioether (sulfide) groups is 1. The van der Waals surface area contributed by atoms with Crippen LogP contribution in [0.4, 0.5) is 5.69 Å².